The second-order valence-corrected chi connectivity index (χ2v) is 8.57. The molecule has 0 unspecified atom stereocenters. The Balaban J connectivity index is 1.27. The van der Waals surface area contributed by atoms with Crippen molar-refractivity contribution in [2.45, 2.75) is 51.0 Å². The zero-order valence-electron chi connectivity index (χ0n) is 17.5. The molecule has 1 saturated heterocycles. The Labute approximate surface area is 180 Å². The van der Waals surface area contributed by atoms with Crippen molar-refractivity contribution in [2.75, 3.05) is 18.0 Å². The minimum Gasteiger partial charge on any atom is -0.355 e. The molecule has 0 spiro atoms. The average Bonchev–Trinajstić information content (AvgIpc) is 3.23. The highest BCUT2D eigenvalue weighted by Crippen LogP contribution is 2.26. The van der Waals surface area contributed by atoms with Crippen molar-refractivity contribution >= 4 is 17.4 Å². The molecule has 162 valence electrons. The molecule has 0 atom stereocenters. The fraction of sp³-hybridized carbons (Fsp3) is 0.478. The van der Waals surface area contributed by atoms with Crippen LogP contribution in [-0.2, 0) is 4.79 Å². The van der Waals surface area contributed by atoms with Gasteiger partial charge < -0.3 is 10.2 Å². The van der Waals surface area contributed by atoms with E-state index in [1.165, 1.54) is 25.3 Å². The molecular weight excluding hydrogens is 395 g/mol. The number of piperidine rings is 1. The summed E-state index contributed by atoms with van der Waals surface area (Å²) >= 11 is 0. The van der Waals surface area contributed by atoms with Crippen LogP contribution < -0.4 is 10.2 Å². The number of rotatable bonds is 4. The summed E-state index contributed by atoms with van der Waals surface area (Å²) in [5.41, 5.74) is 0.959. The predicted molar refractivity (Wildman–Crippen MR) is 116 cm³/mol. The predicted octanol–water partition coefficient (Wildman–Crippen LogP) is 3.60. The second kappa shape index (κ2) is 8.61. The highest BCUT2D eigenvalue weighted by molar-refractivity contribution is 5.79. The highest BCUT2D eigenvalue weighted by Gasteiger charge is 2.26. The van der Waals surface area contributed by atoms with E-state index in [2.05, 4.69) is 20.4 Å². The first-order valence-electron chi connectivity index (χ1n) is 11.2. The number of nitrogens with zero attached hydrogens (tertiary/aromatic N) is 5. The van der Waals surface area contributed by atoms with Crippen LogP contribution in [0, 0.1) is 11.7 Å². The molecule has 0 bridgehead atoms. The van der Waals surface area contributed by atoms with Crippen LogP contribution in [0.25, 0.3) is 17.0 Å². The van der Waals surface area contributed by atoms with Crippen LogP contribution >= 0.6 is 0 Å². The first-order valence-corrected chi connectivity index (χ1v) is 11.2. The number of benzene rings is 1. The van der Waals surface area contributed by atoms with E-state index in [4.69, 9.17) is 5.10 Å². The van der Waals surface area contributed by atoms with Gasteiger partial charge in [-0.2, -0.15) is 4.52 Å². The lowest BCUT2D eigenvalue weighted by atomic mass is 9.88. The van der Waals surface area contributed by atoms with Gasteiger partial charge in [0, 0.05) is 25.0 Å². The van der Waals surface area contributed by atoms with Crippen LogP contribution in [0.3, 0.4) is 0 Å². The summed E-state index contributed by atoms with van der Waals surface area (Å²) in [7, 11) is 0. The summed E-state index contributed by atoms with van der Waals surface area (Å²) in [6, 6.07) is 10.5. The van der Waals surface area contributed by atoms with E-state index in [0.29, 0.717) is 17.0 Å². The molecule has 3 aromatic rings. The molecular formula is C23H27FN6O. The summed E-state index contributed by atoms with van der Waals surface area (Å²) in [5, 5.41) is 16.2. The van der Waals surface area contributed by atoms with Gasteiger partial charge >= 0.3 is 0 Å². The third kappa shape index (κ3) is 4.11. The van der Waals surface area contributed by atoms with Crippen molar-refractivity contribution in [3.05, 3.63) is 42.2 Å². The Morgan fingerprint density at radius 3 is 2.52 bits per heavy atom. The monoisotopic (exact) mass is 422 g/mol. The molecule has 1 aliphatic carbocycles. The maximum Gasteiger partial charge on any atom is 0.223 e. The van der Waals surface area contributed by atoms with E-state index in [1.54, 1.807) is 22.7 Å². The van der Waals surface area contributed by atoms with Crippen molar-refractivity contribution < 1.29 is 9.18 Å². The Hall–Kier alpha value is -3.03. The van der Waals surface area contributed by atoms with E-state index < -0.39 is 0 Å². The van der Waals surface area contributed by atoms with Gasteiger partial charge in [-0.15, -0.1) is 15.3 Å². The lowest BCUT2D eigenvalue weighted by Gasteiger charge is -2.34. The molecule has 8 heteroatoms. The maximum atomic E-state index is 14.3. The Morgan fingerprint density at radius 2 is 1.74 bits per heavy atom. The quantitative estimate of drug-likeness (QED) is 0.695. The first kappa shape index (κ1) is 19.9. The standard InChI is InChI=1S/C23H27FN6O/c24-19-9-5-4-8-18(19)22-27-26-20-10-11-21(28-30(20)22)29-14-12-17(13-15-29)25-23(31)16-6-2-1-3-7-16/h4-5,8-11,16-17H,1-3,6-7,12-15H2,(H,25,31). The number of fused-ring (bicyclic) bond motifs is 1. The molecule has 5 rings (SSSR count). The summed E-state index contributed by atoms with van der Waals surface area (Å²) in [4.78, 5) is 14.8. The summed E-state index contributed by atoms with van der Waals surface area (Å²) in [6.07, 6.45) is 7.42. The molecule has 0 radical (unpaired) electrons. The van der Waals surface area contributed by atoms with E-state index in [-0.39, 0.29) is 23.7 Å². The van der Waals surface area contributed by atoms with E-state index in [1.807, 2.05) is 12.1 Å². The zero-order valence-corrected chi connectivity index (χ0v) is 17.5. The topological polar surface area (TPSA) is 75.4 Å². The van der Waals surface area contributed by atoms with Crippen LogP contribution in [0.2, 0.25) is 0 Å². The molecule has 1 saturated carbocycles. The molecule has 1 amide bonds. The van der Waals surface area contributed by atoms with Gasteiger partial charge in [0.05, 0.1) is 5.56 Å². The molecule has 31 heavy (non-hydrogen) atoms. The third-order valence-electron chi connectivity index (χ3n) is 6.50. The van der Waals surface area contributed by atoms with Gasteiger partial charge in [0.15, 0.2) is 11.5 Å². The molecule has 2 fully saturated rings. The summed E-state index contributed by atoms with van der Waals surface area (Å²) < 4.78 is 15.9. The van der Waals surface area contributed by atoms with Gasteiger partial charge in [-0.3, -0.25) is 4.79 Å². The second-order valence-electron chi connectivity index (χ2n) is 8.57. The summed E-state index contributed by atoms with van der Waals surface area (Å²) in [5.74, 6) is 1.28. The molecule has 1 aromatic carbocycles. The number of amides is 1. The minimum absolute atomic E-state index is 0.196. The fourth-order valence-electron chi connectivity index (χ4n) is 4.70. The van der Waals surface area contributed by atoms with Crippen LogP contribution in [0.4, 0.5) is 10.2 Å². The number of aromatic nitrogens is 4. The molecule has 2 aromatic heterocycles. The van der Waals surface area contributed by atoms with Crippen molar-refractivity contribution in [3.8, 4) is 11.4 Å². The van der Waals surface area contributed by atoms with Gasteiger partial charge in [0.1, 0.15) is 11.6 Å². The third-order valence-corrected chi connectivity index (χ3v) is 6.50. The SMILES string of the molecule is O=C(NC1CCN(c2ccc3nnc(-c4ccccc4F)n3n2)CC1)C1CCCCC1. The van der Waals surface area contributed by atoms with Crippen molar-refractivity contribution in [1.29, 1.82) is 0 Å². The number of hydrogen-bond acceptors (Lipinski definition) is 5. The number of carbonyl (C=O) groups is 1. The van der Waals surface area contributed by atoms with Crippen LogP contribution in [-0.4, -0.2) is 44.8 Å². The number of anilines is 1. The van der Waals surface area contributed by atoms with Crippen molar-refractivity contribution in [3.63, 3.8) is 0 Å². The first-order chi connectivity index (χ1) is 15.2. The molecule has 1 N–H and O–H groups in total. The average molecular weight is 423 g/mol. The molecule has 1 aliphatic heterocycles. The van der Waals surface area contributed by atoms with Gasteiger partial charge in [-0.25, -0.2) is 4.39 Å². The lowest BCUT2D eigenvalue weighted by Crippen LogP contribution is -2.46. The van der Waals surface area contributed by atoms with Crippen molar-refractivity contribution in [2.24, 2.45) is 5.92 Å². The van der Waals surface area contributed by atoms with Crippen LogP contribution in [0.5, 0.6) is 0 Å². The number of hydrogen-bond donors (Lipinski definition) is 1. The van der Waals surface area contributed by atoms with Gasteiger partial charge in [-0.05, 0) is 49.9 Å². The number of nitrogens with one attached hydrogen (secondary N) is 1. The van der Waals surface area contributed by atoms with Gasteiger partial charge in [-0.1, -0.05) is 31.4 Å². The Morgan fingerprint density at radius 1 is 0.968 bits per heavy atom. The molecule has 3 heterocycles. The zero-order chi connectivity index (χ0) is 21.2. The lowest BCUT2D eigenvalue weighted by molar-refractivity contribution is -0.126. The largest absolute Gasteiger partial charge is 0.355 e. The summed E-state index contributed by atoms with van der Waals surface area (Å²) in [6.45, 7) is 1.62. The Bertz CT molecular complexity index is 1070. The van der Waals surface area contributed by atoms with Gasteiger partial charge in [0.2, 0.25) is 5.91 Å². The molecule has 2 aliphatic rings. The number of halogens is 1. The normalized spacial score (nSPS) is 18.4. The van der Waals surface area contributed by atoms with E-state index >= 15 is 0 Å². The number of carbonyl (C=O) groups excluding carboxylic acids is 1. The van der Waals surface area contributed by atoms with Crippen molar-refractivity contribution in [1.82, 2.24) is 25.1 Å². The van der Waals surface area contributed by atoms with E-state index in [0.717, 1.165) is 44.6 Å². The fourth-order valence-corrected chi connectivity index (χ4v) is 4.70. The molecule has 7 nitrogen and oxygen atoms in total. The maximum absolute atomic E-state index is 14.3. The minimum atomic E-state index is -0.349. The smallest absolute Gasteiger partial charge is 0.223 e. The van der Waals surface area contributed by atoms with Gasteiger partial charge in [0.25, 0.3) is 0 Å². The van der Waals surface area contributed by atoms with Crippen LogP contribution in [0.15, 0.2) is 36.4 Å². The van der Waals surface area contributed by atoms with Crippen LogP contribution in [0.1, 0.15) is 44.9 Å². The highest BCUT2D eigenvalue weighted by atomic mass is 19.1. The van der Waals surface area contributed by atoms with E-state index in [9.17, 15) is 9.18 Å². The Kier molecular flexibility index (Phi) is 5.53.